The van der Waals surface area contributed by atoms with Gasteiger partial charge in [0.1, 0.15) is 0 Å². The largest absolute Gasteiger partial charge is 0.282 e. The molecule has 0 saturated carbocycles. The van der Waals surface area contributed by atoms with E-state index < -0.39 is 0 Å². The van der Waals surface area contributed by atoms with Gasteiger partial charge in [-0.1, -0.05) is 23.7 Å². The molecule has 1 aromatic carbocycles. The second-order valence-corrected chi connectivity index (χ2v) is 5.20. The lowest BCUT2D eigenvalue weighted by atomic mass is 10.1. The number of aromatic nitrogens is 2. The van der Waals surface area contributed by atoms with Crippen molar-refractivity contribution in [3.8, 4) is 0 Å². The van der Waals surface area contributed by atoms with E-state index in [0.29, 0.717) is 17.9 Å². The molecule has 0 fully saturated rings. The number of hydrazone groups is 1. The number of benzene rings is 1. The quantitative estimate of drug-likeness (QED) is 0.658. The first kappa shape index (κ1) is 15.3. The molecule has 0 radical (unpaired) electrons. The molecule has 110 valence electrons. The molecule has 2 aromatic rings. The van der Waals surface area contributed by atoms with Crippen molar-refractivity contribution >= 4 is 23.7 Å². The fourth-order valence-electron chi connectivity index (χ4n) is 2.00. The Morgan fingerprint density at radius 1 is 1.48 bits per heavy atom. The summed E-state index contributed by atoms with van der Waals surface area (Å²) in [5.41, 5.74) is 6.37. The molecule has 0 aliphatic carbocycles. The first-order valence-electron chi connectivity index (χ1n) is 6.64. The minimum absolute atomic E-state index is 0.131. The lowest BCUT2D eigenvalue weighted by Crippen LogP contribution is -2.18. The summed E-state index contributed by atoms with van der Waals surface area (Å²) in [5.74, 6) is -0.131. The topological polar surface area (TPSA) is 70.1 Å². The molecule has 2 rings (SSSR count). The van der Waals surface area contributed by atoms with Crippen LogP contribution in [0, 0.1) is 13.8 Å². The highest BCUT2D eigenvalue weighted by atomic mass is 35.5. The van der Waals surface area contributed by atoms with Crippen LogP contribution in [0.2, 0.25) is 5.02 Å². The number of hydrogen-bond donors (Lipinski definition) is 2. The van der Waals surface area contributed by atoms with E-state index in [1.807, 2.05) is 26.0 Å². The second-order valence-electron chi connectivity index (χ2n) is 4.76. The fourth-order valence-corrected chi connectivity index (χ4v) is 2.20. The highest BCUT2D eigenvalue weighted by molar-refractivity contribution is 6.30. The summed E-state index contributed by atoms with van der Waals surface area (Å²) in [6, 6.07) is 7.25. The van der Waals surface area contributed by atoms with Crippen molar-refractivity contribution in [2.75, 3.05) is 0 Å². The number of nitrogens with zero attached hydrogens (tertiary/aromatic N) is 2. The van der Waals surface area contributed by atoms with Gasteiger partial charge in [-0.2, -0.15) is 10.2 Å². The van der Waals surface area contributed by atoms with Gasteiger partial charge in [0.25, 0.3) is 0 Å². The van der Waals surface area contributed by atoms with E-state index in [1.54, 1.807) is 18.3 Å². The van der Waals surface area contributed by atoms with Crippen molar-refractivity contribution in [3.63, 3.8) is 0 Å². The van der Waals surface area contributed by atoms with Crippen LogP contribution in [-0.2, 0) is 11.2 Å². The number of rotatable bonds is 5. The minimum atomic E-state index is -0.131. The third-order valence-electron chi connectivity index (χ3n) is 3.13. The maximum Gasteiger partial charge on any atom is 0.240 e. The summed E-state index contributed by atoms with van der Waals surface area (Å²) in [7, 11) is 0. The number of carbonyl (C=O) groups is 1. The molecule has 0 aliphatic rings. The molecule has 0 unspecified atom stereocenters. The van der Waals surface area contributed by atoms with E-state index in [0.717, 1.165) is 22.5 Å². The summed E-state index contributed by atoms with van der Waals surface area (Å²) < 4.78 is 0. The molecule has 0 spiro atoms. The monoisotopic (exact) mass is 304 g/mol. The molecular weight excluding hydrogens is 288 g/mol. The normalized spacial score (nSPS) is 11.0. The van der Waals surface area contributed by atoms with Crippen LogP contribution < -0.4 is 5.43 Å². The van der Waals surface area contributed by atoms with Crippen molar-refractivity contribution < 1.29 is 4.79 Å². The highest BCUT2D eigenvalue weighted by Gasteiger charge is 2.08. The summed E-state index contributed by atoms with van der Waals surface area (Å²) in [6.07, 6.45) is 2.58. The molecule has 1 aromatic heterocycles. The molecule has 21 heavy (non-hydrogen) atoms. The fraction of sp³-hybridized carbons (Fsp3) is 0.267. The summed E-state index contributed by atoms with van der Waals surface area (Å²) in [6.45, 7) is 3.87. The van der Waals surface area contributed by atoms with E-state index in [2.05, 4.69) is 20.7 Å². The predicted molar refractivity (Wildman–Crippen MR) is 83.6 cm³/mol. The highest BCUT2D eigenvalue weighted by Crippen LogP contribution is 2.11. The van der Waals surface area contributed by atoms with Crippen LogP contribution in [0.25, 0.3) is 0 Å². The molecule has 2 N–H and O–H groups in total. The number of aryl methyl sites for hydroxylation is 2. The average Bonchev–Trinajstić information content (AvgIpc) is 2.76. The van der Waals surface area contributed by atoms with Crippen LogP contribution >= 0.6 is 11.6 Å². The molecule has 5 nitrogen and oxygen atoms in total. The number of aromatic amines is 1. The number of halogens is 1. The van der Waals surface area contributed by atoms with Crippen molar-refractivity contribution in [3.05, 3.63) is 51.8 Å². The Hall–Kier alpha value is -2.14. The second kappa shape index (κ2) is 7.04. The minimum Gasteiger partial charge on any atom is -0.282 e. The summed E-state index contributed by atoms with van der Waals surface area (Å²) in [5, 5.41) is 11.6. The predicted octanol–water partition coefficient (Wildman–Crippen LogP) is 2.76. The molecule has 1 heterocycles. The molecule has 0 atom stereocenters. The Labute approximate surface area is 128 Å². The Morgan fingerprint density at radius 2 is 2.29 bits per heavy atom. The van der Waals surface area contributed by atoms with Crippen molar-refractivity contribution in [1.29, 1.82) is 0 Å². The Kier molecular flexibility index (Phi) is 5.11. The standard InChI is InChI=1S/C15H17ClN4O/c1-10-14(11(2)19-18-10)6-7-15(21)20-17-9-12-4-3-5-13(16)8-12/h3-5,8-9H,6-7H2,1-2H3,(H,18,19)(H,20,21). The molecule has 0 bridgehead atoms. The van der Waals surface area contributed by atoms with Crippen molar-refractivity contribution in [2.45, 2.75) is 26.7 Å². The van der Waals surface area contributed by atoms with E-state index >= 15 is 0 Å². The molecule has 0 saturated heterocycles. The van der Waals surface area contributed by atoms with Gasteiger partial charge < -0.3 is 0 Å². The molecule has 0 aliphatic heterocycles. The zero-order valence-electron chi connectivity index (χ0n) is 12.0. The SMILES string of the molecule is Cc1n[nH]c(C)c1CCC(=O)NN=Cc1cccc(Cl)c1. The first-order chi connectivity index (χ1) is 10.1. The third kappa shape index (κ3) is 4.43. The van der Waals surface area contributed by atoms with Crippen LogP contribution in [0.15, 0.2) is 29.4 Å². The van der Waals surface area contributed by atoms with Crippen LogP contribution in [0.1, 0.15) is 28.9 Å². The average molecular weight is 305 g/mol. The number of carbonyl (C=O) groups excluding carboxylic acids is 1. The van der Waals surface area contributed by atoms with Crippen LogP contribution in [0.5, 0.6) is 0 Å². The van der Waals surface area contributed by atoms with Gasteiger partial charge in [0.15, 0.2) is 0 Å². The number of amides is 1. The maximum atomic E-state index is 11.7. The third-order valence-corrected chi connectivity index (χ3v) is 3.37. The number of H-pyrrole nitrogens is 1. The number of hydrogen-bond acceptors (Lipinski definition) is 3. The number of nitrogens with one attached hydrogen (secondary N) is 2. The maximum absolute atomic E-state index is 11.7. The molecule has 6 heteroatoms. The Balaban J connectivity index is 1.83. The van der Waals surface area contributed by atoms with Crippen LogP contribution in [-0.4, -0.2) is 22.3 Å². The van der Waals surface area contributed by atoms with Gasteiger partial charge in [0, 0.05) is 17.1 Å². The smallest absolute Gasteiger partial charge is 0.240 e. The van der Waals surface area contributed by atoms with Crippen molar-refractivity contribution in [1.82, 2.24) is 15.6 Å². The van der Waals surface area contributed by atoms with Gasteiger partial charge in [0.05, 0.1) is 11.9 Å². The molecular formula is C15H17ClN4O. The van der Waals surface area contributed by atoms with E-state index in [-0.39, 0.29) is 5.91 Å². The Bertz CT molecular complexity index is 644. The zero-order chi connectivity index (χ0) is 15.2. The van der Waals surface area contributed by atoms with Crippen LogP contribution in [0.3, 0.4) is 0 Å². The van der Waals surface area contributed by atoms with Gasteiger partial charge >= 0.3 is 0 Å². The Morgan fingerprint density at radius 3 is 2.95 bits per heavy atom. The van der Waals surface area contributed by atoms with E-state index in [1.165, 1.54) is 0 Å². The van der Waals surface area contributed by atoms with Crippen LogP contribution in [0.4, 0.5) is 0 Å². The van der Waals surface area contributed by atoms with E-state index in [4.69, 9.17) is 11.6 Å². The molecule has 1 amide bonds. The van der Waals surface area contributed by atoms with E-state index in [9.17, 15) is 4.79 Å². The van der Waals surface area contributed by atoms with Gasteiger partial charge in [-0.15, -0.1) is 0 Å². The lowest BCUT2D eigenvalue weighted by molar-refractivity contribution is -0.121. The zero-order valence-corrected chi connectivity index (χ0v) is 12.7. The summed E-state index contributed by atoms with van der Waals surface area (Å²) in [4.78, 5) is 11.7. The first-order valence-corrected chi connectivity index (χ1v) is 7.02. The van der Waals surface area contributed by atoms with Gasteiger partial charge in [-0.3, -0.25) is 9.89 Å². The van der Waals surface area contributed by atoms with Gasteiger partial charge in [0.2, 0.25) is 5.91 Å². The summed E-state index contributed by atoms with van der Waals surface area (Å²) >= 11 is 5.86. The van der Waals surface area contributed by atoms with Gasteiger partial charge in [-0.05, 0) is 43.5 Å². The van der Waals surface area contributed by atoms with Gasteiger partial charge in [-0.25, -0.2) is 5.43 Å². The van der Waals surface area contributed by atoms with Crippen molar-refractivity contribution in [2.24, 2.45) is 5.10 Å². The lowest BCUT2D eigenvalue weighted by Gasteiger charge is -2.01.